The Morgan fingerprint density at radius 1 is 1.11 bits per heavy atom. The van der Waals surface area contributed by atoms with Gasteiger partial charge in [0, 0.05) is 6.20 Å². The summed E-state index contributed by atoms with van der Waals surface area (Å²) >= 11 is 6.24. The van der Waals surface area contributed by atoms with Crippen LogP contribution in [0.5, 0.6) is 17.4 Å². The number of hydrogen-bond donors (Lipinski definition) is 1. The summed E-state index contributed by atoms with van der Waals surface area (Å²) in [4.78, 5) is 30.8. The quantitative estimate of drug-likeness (QED) is 0.303. The summed E-state index contributed by atoms with van der Waals surface area (Å²) in [5, 5.41) is 12.7. The molecule has 2 aromatic heterocycles. The van der Waals surface area contributed by atoms with E-state index < -0.39 is 11.5 Å². The number of benzene rings is 2. The predicted octanol–water partition coefficient (Wildman–Crippen LogP) is 5.00. The lowest BCUT2D eigenvalue weighted by atomic mass is 10.1. The van der Waals surface area contributed by atoms with Crippen LogP contribution in [0.1, 0.15) is 11.1 Å². The largest absolute Gasteiger partial charge is 0.495 e. The van der Waals surface area contributed by atoms with E-state index in [2.05, 4.69) is 10.3 Å². The number of carbonyl (C=O) groups is 1. The van der Waals surface area contributed by atoms with Gasteiger partial charge in [-0.05, 0) is 48.9 Å². The van der Waals surface area contributed by atoms with Gasteiger partial charge in [0.15, 0.2) is 0 Å². The zero-order valence-electron chi connectivity index (χ0n) is 18.8. The van der Waals surface area contributed by atoms with Crippen molar-refractivity contribution in [2.45, 2.75) is 6.92 Å². The van der Waals surface area contributed by atoms with Crippen LogP contribution in [0.3, 0.4) is 0 Å². The van der Waals surface area contributed by atoms with Crippen LogP contribution in [0.25, 0.3) is 11.7 Å². The first-order valence-corrected chi connectivity index (χ1v) is 10.8. The molecule has 0 aliphatic rings. The second-order valence-corrected chi connectivity index (χ2v) is 7.78. The highest BCUT2D eigenvalue weighted by molar-refractivity contribution is 6.32. The van der Waals surface area contributed by atoms with E-state index in [1.807, 2.05) is 6.07 Å². The van der Waals surface area contributed by atoms with E-state index >= 15 is 0 Å². The molecule has 4 aromatic rings. The number of nitrogens with zero attached hydrogens (tertiary/aromatic N) is 3. The second kappa shape index (κ2) is 10.1. The number of hydrogen-bond acceptors (Lipinski definition) is 6. The molecular weight excluding hydrogens is 468 g/mol. The molecule has 4 rings (SSSR count). The van der Waals surface area contributed by atoms with E-state index in [1.54, 1.807) is 73.8 Å². The van der Waals surface area contributed by atoms with Gasteiger partial charge < -0.3 is 14.8 Å². The molecule has 0 saturated heterocycles. The summed E-state index contributed by atoms with van der Waals surface area (Å²) in [7, 11) is 1.47. The Morgan fingerprint density at radius 3 is 2.54 bits per heavy atom. The number of fused-ring (bicyclic) bond motifs is 1. The predicted molar refractivity (Wildman–Crippen MR) is 133 cm³/mol. The normalized spacial score (nSPS) is 11.1. The molecule has 2 heterocycles. The van der Waals surface area contributed by atoms with E-state index in [4.69, 9.17) is 21.1 Å². The Bertz CT molecular complexity index is 1570. The van der Waals surface area contributed by atoms with Crippen molar-refractivity contribution >= 4 is 34.9 Å². The molecule has 0 unspecified atom stereocenters. The van der Waals surface area contributed by atoms with E-state index in [1.165, 1.54) is 11.5 Å². The first kappa shape index (κ1) is 23.5. The lowest BCUT2D eigenvalue weighted by molar-refractivity contribution is -0.112. The third-order valence-corrected chi connectivity index (χ3v) is 5.41. The van der Waals surface area contributed by atoms with Crippen molar-refractivity contribution in [3.8, 4) is 23.4 Å². The standard InChI is InChI=1S/C26H19ClN4O4/c1-16-8-7-13-31-23(16)30-25(35-21-11-5-3-9-19(21)27)18(26(31)33)14-17(15-28)24(32)29-20-10-4-6-12-22(20)34-2/h3-14H,1-2H3,(H,29,32)/b17-14-. The number of ether oxygens (including phenoxy) is 2. The number of aromatic nitrogens is 2. The van der Waals surface area contributed by atoms with Crippen LogP contribution < -0.4 is 20.3 Å². The summed E-state index contributed by atoms with van der Waals surface area (Å²) < 4.78 is 12.5. The number of pyridine rings is 1. The molecule has 0 fully saturated rings. The molecule has 9 heteroatoms. The minimum Gasteiger partial charge on any atom is -0.495 e. The fourth-order valence-electron chi connectivity index (χ4n) is 3.36. The van der Waals surface area contributed by atoms with Gasteiger partial charge in [-0.15, -0.1) is 0 Å². The molecule has 1 amide bonds. The molecule has 0 aliphatic carbocycles. The maximum Gasteiger partial charge on any atom is 0.269 e. The maximum atomic E-state index is 13.4. The molecule has 1 N–H and O–H groups in total. The molecular formula is C26H19ClN4O4. The molecule has 0 saturated carbocycles. The van der Waals surface area contributed by atoms with Crippen molar-refractivity contribution in [2.24, 2.45) is 0 Å². The van der Waals surface area contributed by atoms with Gasteiger partial charge in [-0.25, -0.2) is 0 Å². The number of carbonyl (C=O) groups excluding carboxylic acids is 1. The lowest BCUT2D eigenvalue weighted by Crippen LogP contribution is -2.21. The monoisotopic (exact) mass is 486 g/mol. The van der Waals surface area contributed by atoms with Gasteiger partial charge in [-0.2, -0.15) is 10.2 Å². The van der Waals surface area contributed by atoms with Crippen molar-refractivity contribution < 1.29 is 14.3 Å². The minimum atomic E-state index is -0.727. The van der Waals surface area contributed by atoms with E-state index in [-0.39, 0.29) is 22.8 Å². The summed E-state index contributed by atoms with van der Waals surface area (Å²) in [6.45, 7) is 1.80. The molecule has 0 spiro atoms. The van der Waals surface area contributed by atoms with Gasteiger partial charge in [-0.3, -0.25) is 14.0 Å². The third-order valence-electron chi connectivity index (χ3n) is 5.10. The fraction of sp³-hybridized carbons (Fsp3) is 0.0769. The van der Waals surface area contributed by atoms with Crippen molar-refractivity contribution in [3.63, 3.8) is 0 Å². The number of methoxy groups -OCH3 is 1. The molecule has 2 aromatic carbocycles. The molecule has 35 heavy (non-hydrogen) atoms. The number of rotatable bonds is 6. The number of aryl methyl sites for hydroxylation is 1. The first-order chi connectivity index (χ1) is 16.9. The van der Waals surface area contributed by atoms with Crippen molar-refractivity contribution in [2.75, 3.05) is 12.4 Å². The van der Waals surface area contributed by atoms with Crippen LogP contribution in [0.15, 0.2) is 77.2 Å². The van der Waals surface area contributed by atoms with Gasteiger partial charge in [0.25, 0.3) is 11.5 Å². The van der Waals surface area contributed by atoms with E-state index in [0.29, 0.717) is 22.1 Å². The summed E-state index contributed by atoms with van der Waals surface area (Å²) in [5.41, 5.74) is 0.551. The third kappa shape index (κ3) is 4.86. The van der Waals surface area contributed by atoms with Gasteiger partial charge in [-0.1, -0.05) is 41.9 Å². The van der Waals surface area contributed by atoms with Crippen LogP contribution in [-0.2, 0) is 4.79 Å². The van der Waals surface area contributed by atoms with E-state index in [0.717, 1.165) is 11.6 Å². The first-order valence-electron chi connectivity index (χ1n) is 10.4. The summed E-state index contributed by atoms with van der Waals surface area (Å²) in [6.07, 6.45) is 2.70. The van der Waals surface area contributed by atoms with Gasteiger partial charge in [0.1, 0.15) is 34.4 Å². The number of nitrogens with one attached hydrogen (secondary N) is 1. The minimum absolute atomic E-state index is 0.0836. The average molecular weight is 487 g/mol. The highest BCUT2D eigenvalue weighted by Crippen LogP contribution is 2.30. The van der Waals surface area contributed by atoms with Gasteiger partial charge in [0.05, 0.1) is 17.8 Å². The average Bonchev–Trinajstić information content (AvgIpc) is 2.86. The number of amides is 1. The van der Waals surface area contributed by atoms with Crippen molar-refractivity contribution in [3.05, 3.63) is 98.9 Å². The topological polar surface area (TPSA) is 106 Å². The zero-order valence-corrected chi connectivity index (χ0v) is 19.5. The maximum absolute atomic E-state index is 13.4. The van der Waals surface area contributed by atoms with Crippen LogP contribution >= 0.6 is 11.6 Å². The lowest BCUT2D eigenvalue weighted by Gasteiger charge is -2.12. The highest BCUT2D eigenvalue weighted by atomic mass is 35.5. The molecule has 0 radical (unpaired) electrons. The molecule has 0 aliphatic heterocycles. The molecule has 174 valence electrons. The Morgan fingerprint density at radius 2 is 1.83 bits per heavy atom. The summed E-state index contributed by atoms with van der Waals surface area (Å²) in [6, 6.07) is 18.8. The highest BCUT2D eigenvalue weighted by Gasteiger charge is 2.19. The number of para-hydroxylation sites is 3. The van der Waals surface area contributed by atoms with Crippen molar-refractivity contribution in [1.82, 2.24) is 9.38 Å². The molecule has 0 atom stereocenters. The Hall–Kier alpha value is -4.61. The number of halogens is 1. The zero-order chi connectivity index (χ0) is 24.9. The van der Waals surface area contributed by atoms with Crippen LogP contribution in [0, 0.1) is 18.3 Å². The van der Waals surface area contributed by atoms with Gasteiger partial charge in [0.2, 0.25) is 5.88 Å². The fourth-order valence-corrected chi connectivity index (χ4v) is 3.53. The molecule has 8 nitrogen and oxygen atoms in total. The smallest absolute Gasteiger partial charge is 0.269 e. The van der Waals surface area contributed by atoms with Crippen LogP contribution in [-0.4, -0.2) is 22.4 Å². The van der Waals surface area contributed by atoms with Gasteiger partial charge >= 0.3 is 0 Å². The van der Waals surface area contributed by atoms with Crippen LogP contribution in [0.4, 0.5) is 5.69 Å². The Balaban J connectivity index is 1.85. The van der Waals surface area contributed by atoms with E-state index in [9.17, 15) is 14.9 Å². The summed E-state index contributed by atoms with van der Waals surface area (Å²) in [5.74, 6) is -0.126. The van der Waals surface area contributed by atoms with Crippen molar-refractivity contribution in [1.29, 1.82) is 5.26 Å². The van der Waals surface area contributed by atoms with Crippen LogP contribution in [0.2, 0.25) is 5.02 Å². The number of nitriles is 1. The Labute approximate surface area is 205 Å². The molecule has 0 bridgehead atoms. The SMILES string of the molecule is COc1ccccc1NC(=O)/C(C#N)=C\c1c(Oc2ccccc2Cl)nc2c(C)cccn2c1=O. The number of anilines is 1. The Kier molecular flexibility index (Phi) is 6.81. The second-order valence-electron chi connectivity index (χ2n) is 7.38.